The average molecular weight is 624 g/mol. The second-order valence-corrected chi connectivity index (χ2v) is 12.1. The summed E-state index contributed by atoms with van der Waals surface area (Å²) in [5.74, 6) is -1.82. The fourth-order valence-corrected chi connectivity index (χ4v) is 6.06. The lowest BCUT2D eigenvalue weighted by atomic mass is 9.89. The maximum absolute atomic E-state index is 13.6. The third-order valence-electron chi connectivity index (χ3n) is 8.72. The van der Waals surface area contributed by atoms with E-state index in [1.807, 2.05) is 74.1 Å². The van der Waals surface area contributed by atoms with Crippen LogP contribution in [0.1, 0.15) is 46.4 Å². The van der Waals surface area contributed by atoms with Crippen LogP contribution in [0.3, 0.4) is 0 Å². The third-order valence-corrected chi connectivity index (χ3v) is 8.72. The van der Waals surface area contributed by atoms with Gasteiger partial charge in [0.2, 0.25) is 5.36 Å². The summed E-state index contributed by atoms with van der Waals surface area (Å²) in [6, 6.07) is 17.1. The van der Waals surface area contributed by atoms with Crippen LogP contribution in [0.15, 0.2) is 59.0 Å². The largest absolute Gasteiger partial charge is 0.456 e. The van der Waals surface area contributed by atoms with E-state index in [9.17, 15) is 24.0 Å². The Bertz CT molecular complexity index is 1930. The lowest BCUT2D eigenvalue weighted by Crippen LogP contribution is -2.42. The molecule has 0 saturated carbocycles. The van der Waals surface area contributed by atoms with Crippen LogP contribution in [0.25, 0.3) is 33.4 Å². The number of benzene rings is 3. The molecule has 3 amide bonds. The molecule has 11 nitrogen and oxygen atoms in total. The van der Waals surface area contributed by atoms with E-state index >= 15 is 0 Å². The van der Waals surface area contributed by atoms with Crippen molar-refractivity contribution in [2.75, 3.05) is 46.2 Å². The van der Waals surface area contributed by atoms with Gasteiger partial charge in [-0.25, -0.2) is 9.37 Å². The Balaban J connectivity index is 1.29. The van der Waals surface area contributed by atoms with Crippen molar-refractivity contribution in [3.05, 3.63) is 71.1 Å². The molecule has 11 heteroatoms. The molecule has 0 radical (unpaired) electrons. The Kier molecular flexibility index (Phi) is 8.16. The monoisotopic (exact) mass is 623 g/mol. The first-order chi connectivity index (χ1) is 22.0. The fourth-order valence-electron chi connectivity index (χ4n) is 6.06. The van der Waals surface area contributed by atoms with Crippen molar-refractivity contribution in [3.8, 4) is 22.5 Å². The summed E-state index contributed by atoms with van der Waals surface area (Å²) in [4.78, 5) is 71.1. The topological polar surface area (TPSA) is 120 Å². The number of amides is 3. The number of hydrogen-bond donors (Lipinski definition) is 0. The van der Waals surface area contributed by atoms with Crippen LogP contribution in [0.4, 0.5) is 5.69 Å². The van der Waals surface area contributed by atoms with Crippen LogP contribution in [-0.2, 0) is 19.2 Å². The number of nitrogens with zero attached hydrogens (tertiary/aromatic N) is 4. The molecule has 2 aromatic carbocycles. The molecule has 3 heterocycles. The minimum atomic E-state index is -0.646. The van der Waals surface area contributed by atoms with E-state index in [4.69, 9.17) is 9.25 Å². The smallest absolute Gasteiger partial charge is 0.336 e. The highest BCUT2D eigenvalue weighted by atomic mass is 16.7. The molecule has 2 aromatic rings. The van der Waals surface area contributed by atoms with Gasteiger partial charge in [-0.1, -0.05) is 6.07 Å². The van der Waals surface area contributed by atoms with Crippen molar-refractivity contribution in [2.45, 2.75) is 25.7 Å². The summed E-state index contributed by atoms with van der Waals surface area (Å²) in [5.41, 5.74) is 4.72. The number of carbonyl (C=O) groups is 5. The van der Waals surface area contributed by atoms with Crippen molar-refractivity contribution < 1.29 is 33.2 Å². The molecule has 4 aliphatic rings. The van der Waals surface area contributed by atoms with E-state index in [0.717, 1.165) is 33.8 Å². The molecule has 0 unspecified atom stereocenters. The van der Waals surface area contributed by atoms with Crippen molar-refractivity contribution in [3.63, 3.8) is 0 Å². The highest BCUT2D eigenvalue weighted by Gasteiger charge is 2.36. The number of piperidine rings is 1. The van der Waals surface area contributed by atoms with Gasteiger partial charge in [0.25, 0.3) is 17.7 Å². The molecule has 2 saturated heterocycles. The summed E-state index contributed by atoms with van der Waals surface area (Å²) in [7, 11) is 7.84. The van der Waals surface area contributed by atoms with Crippen molar-refractivity contribution in [1.29, 1.82) is 0 Å². The minimum absolute atomic E-state index is 0.0292. The Morgan fingerprint density at radius 2 is 1.63 bits per heavy atom. The lowest BCUT2D eigenvalue weighted by Gasteiger charge is -2.31. The van der Waals surface area contributed by atoms with E-state index in [0.29, 0.717) is 45.9 Å². The van der Waals surface area contributed by atoms with Gasteiger partial charge in [-0.3, -0.25) is 19.2 Å². The number of hydrogen-bond acceptors (Lipinski definition) is 8. The maximum Gasteiger partial charge on any atom is 0.336 e. The molecule has 3 aliphatic heterocycles. The lowest BCUT2D eigenvalue weighted by molar-refractivity contribution is -0.201. The van der Waals surface area contributed by atoms with Crippen LogP contribution < -0.4 is 14.8 Å². The predicted molar refractivity (Wildman–Crippen MR) is 171 cm³/mol. The van der Waals surface area contributed by atoms with Gasteiger partial charge in [0.15, 0.2) is 6.29 Å². The summed E-state index contributed by atoms with van der Waals surface area (Å²) >= 11 is 0. The van der Waals surface area contributed by atoms with E-state index in [2.05, 4.69) is 0 Å². The first-order valence-corrected chi connectivity index (χ1v) is 15.2. The quantitative estimate of drug-likeness (QED) is 0.138. The van der Waals surface area contributed by atoms with Crippen molar-refractivity contribution in [2.24, 2.45) is 5.92 Å². The standard InChI is InChI=1S/C35H35N4O7/c1-36(2)24-6-9-27-29(18-24)45-30-19-25(37(3)4)7-10-28(30)33(27)26-8-5-22(17-23(26)20-40)34(43)38-15-13-21(14-16-38)35(44)46-39-31(41)11-12-32(39)42/h5-10,17-21H,11-16H2,1-4H3/q+1. The number of likely N-dealkylation sites (tertiary alicyclic amines) is 1. The van der Waals surface area contributed by atoms with E-state index in [-0.39, 0.29) is 31.8 Å². The fraction of sp³-hybridized carbons (Fsp3) is 0.314. The van der Waals surface area contributed by atoms with Gasteiger partial charge in [0.05, 0.1) is 12.0 Å². The van der Waals surface area contributed by atoms with Crippen molar-refractivity contribution in [1.82, 2.24) is 14.5 Å². The van der Waals surface area contributed by atoms with Gasteiger partial charge in [0, 0.05) is 85.5 Å². The second kappa shape index (κ2) is 12.2. The van der Waals surface area contributed by atoms with Crippen LogP contribution in [0.5, 0.6) is 0 Å². The molecule has 236 valence electrons. The van der Waals surface area contributed by atoms with Crippen LogP contribution in [0.2, 0.25) is 0 Å². The molecular weight excluding hydrogens is 588 g/mol. The predicted octanol–water partition coefficient (Wildman–Crippen LogP) is 3.57. The van der Waals surface area contributed by atoms with Crippen molar-refractivity contribution >= 4 is 46.6 Å². The van der Waals surface area contributed by atoms with Gasteiger partial charge in [-0.05, 0) is 48.7 Å². The summed E-state index contributed by atoms with van der Waals surface area (Å²) in [5, 5.41) is 2.36. The molecule has 0 spiro atoms. The summed E-state index contributed by atoms with van der Waals surface area (Å²) in [6.45, 7) is 0.576. The van der Waals surface area contributed by atoms with E-state index in [1.54, 1.807) is 23.1 Å². The number of imide groups is 1. The normalized spacial score (nSPS) is 15.5. The Morgan fingerprint density at radius 1 is 0.935 bits per heavy atom. The van der Waals surface area contributed by atoms with Crippen LogP contribution >= 0.6 is 0 Å². The second-order valence-electron chi connectivity index (χ2n) is 12.1. The highest BCUT2D eigenvalue weighted by molar-refractivity contribution is 6.07. The zero-order valence-corrected chi connectivity index (χ0v) is 26.2. The van der Waals surface area contributed by atoms with Gasteiger partial charge < -0.3 is 19.1 Å². The Labute approximate surface area is 265 Å². The molecule has 0 bridgehead atoms. The Morgan fingerprint density at radius 3 is 2.28 bits per heavy atom. The average Bonchev–Trinajstić information content (AvgIpc) is 3.38. The third kappa shape index (κ3) is 5.64. The first-order valence-electron chi connectivity index (χ1n) is 15.2. The highest BCUT2D eigenvalue weighted by Crippen LogP contribution is 2.42. The number of aldehydes is 1. The number of hydroxylamine groups is 2. The minimum Gasteiger partial charge on any atom is -0.456 e. The number of anilines is 1. The van der Waals surface area contributed by atoms with Gasteiger partial charge in [-0.2, -0.15) is 0 Å². The first kappa shape index (κ1) is 30.7. The molecule has 46 heavy (non-hydrogen) atoms. The summed E-state index contributed by atoms with van der Waals surface area (Å²) < 4.78 is 8.40. The Hall–Kier alpha value is -5.32. The number of carbonyl (C=O) groups excluding carboxylic acids is 5. The van der Waals surface area contributed by atoms with Crippen LogP contribution in [0, 0.1) is 5.92 Å². The molecule has 0 N–H and O–H groups in total. The zero-order chi connectivity index (χ0) is 32.7. The van der Waals surface area contributed by atoms with E-state index < -0.39 is 23.7 Å². The van der Waals surface area contributed by atoms with Gasteiger partial charge in [-0.15, -0.1) is 5.06 Å². The molecule has 6 rings (SSSR count). The molecule has 1 aliphatic carbocycles. The van der Waals surface area contributed by atoms with Gasteiger partial charge >= 0.3 is 5.97 Å². The number of rotatable bonds is 6. The SMILES string of the molecule is CN(C)c1ccc2c(-c3ccc(C(=O)N4CCC(C(=O)ON5C(=O)CCC5=O)CC4)cc3C=O)c3ccc(=[N+](C)C)cc-3oc2c1. The molecule has 0 atom stereocenters. The molecule has 0 aromatic heterocycles. The molecule has 2 fully saturated rings. The summed E-state index contributed by atoms with van der Waals surface area (Å²) in [6.07, 6.45) is 1.48. The maximum atomic E-state index is 13.6. The van der Waals surface area contributed by atoms with Crippen LogP contribution in [-0.4, -0.2) is 81.2 Å². The number of fused-ring (bicyclic) bond motifs is 2. The van der Waals surface area contributed by atoms with Gasteiger partial charge in [0.1, 0.15) is 25.4 Å². The molecular formula is C35H35N4O7+. The zero-order valence-electron chi connectivity index (χ0n) is 26.2. The van der Waals surface area contributed by atoms with E-state index in [1.165, 1.54) is 0 Å².